The Bertz CT molecular complexity index is 845. The third kappa shape index (κ3) is 3.94. The number of rotatable bonds is 5. The quantitative estimate of drug-likeness (QED) is 0.453. The molecule has 0 bridgehead atoms. The van der Waals surface area contributed by atoms with Crippen LogP contribution in [0.15, 0.2) is 84.9 Å². The van der Waals surface area contributed by atoms with Crippen molar-refractivity contribution >= 4 is 23.2 Å². The van der Waals surface area contributed by atoms with Crippen LogP contribution in [0.2, 0.25) is 0 Å². The van der Waals surface area contributed by atoms with Gasteiger partial charge in [-0.15, -0.1) is 0 Å². The Balaban J connectivity index is 2.41. The molecule has 0 aliphatic carbocycles. The summed E-state index contributed by atoms with van der Waals surface area (Å²) >= 11 is 0. The Hall–Kier alpha value is -1.91. The average molecular weight is 391 g/mol. The number of benzene rings is 3. The zero-order chi connectivity index (χ0) is 20.4. The number of hydrogen-bond donors (Lipinski definition) is 0. The zero-order valence-electron chi connectivity index (χ0n) is 18.3. The predicted molar refractivity (Wildman–Crippen MR) is 129 cm³/mol. The molecular formula is C27H35P. The van der Waals surface area contributed by atoms with Crippen LogP contribution in [0.4, 0.5) is 0 Å². The van der Waals surface area contributed by atoms with Crippen molar-refractivity contribution in [1.29, 1.82) is 0 Å². The Labute approximate surface area is 172 Å². The Kier molecular flexibility index (Phi) is 5.83. The molecule has 0 heterocycles. The van der Waals surface area contributed by atoms with Gasteiger partial charge in [-0.3, -0.25) is 0 Å². The van der Waals surface area contributed by atoms with Crippen LogP contribution in [0.5, 0.6) is 0 Å². The summed E-state index contributed by atoms with van der Waals surface area (Å²) in [6, 6.07) is 31.9. The third-order valence-electron chi connectivity index (χ3n) is 5.89. The fraction of sp³-hybridized carbons (Fsp3) is 0.333. The molecule has 1 heteroatoms. The van der Waals surface area contributed by atoms with E-state index in [2.05, 4.69) is 126 Å². The summed E-state index contributed by atoms with van der Waals surface area (Å²) in [6.45, 7) is 14.3. The van der Waals surface area contributed by atoms with Crippen LogP contribution in [0.1, 0.15) is 46.6 Å². The van der Waals surface area contributed by atoms with E-state index in [4.69, 9.17) is 0 Å². The second-order valence-electron chi connectivity index (χ2n) is 9.97. The van der Waals surface area contributed by atoms with E-state index in [9.17, 15) is 0 Å². The molecule has 0 fully saturated rings. The molecule has 0 aromatic heterocycles. The Morgan fingerprint density at radius 3 is 1.36 bits per heavy atom. The summed E-state index contributed by atoms with van der Waals surface area (Å²) in [5.41, 5.74) is 1.58. The van der Waals surface area contributed by atoms with E-state index >= 15 is 0 Å². The molecule has 0 saturated heterocycles. The van der Waals surface area contributed by atoms with Crippen molar-refractivity contribution in [2.75, 3.05) is 0 Å². The van der Waals surface area contributed by atoms with E-state index in [0.29, 0.717) is 0 Å². The Morgan fingerprint density at radius 2 is 0.964 bits per heavy atom. The van der Waals surface area contributed by atoms with Gasteiger partial charge in [0.15, 0.2) is 0 Å². The summed E-state index contributed by atoms with van der Waals surface area (Å²) in [4.78, 5) is 0. The molecule has 0 nitrogen and oxygen atoms in total. The summed E-state index contributed by atoms with van der Waals surface area (Å²) in [5, 5.41) is 4.65. The minimum atomic E-state index is -2.28. The van der Waals surface area contributed by atoms with Gasteiger partial charge in [-0.05, 0) is 0 Å². The first kappa shape index (κ1) is 20.8. The zero-order valence-corrected chi connectivity index (χ0v) is 19.3. The van der Waals surface area contributed by atoms with Gasteiger partial charge >= 0.3 is 172 Å². The van der Waals surface area contributed by atoms with E-state index in [0.717, 1.165) is 0 Å². The molecule has 3 aromatic carbocycles. The topological polar surface area (TPSA) is 0 Å². The van der Waals surface area contributed by atoms with E-state index in [1.165, 1.54) is 27.9 Å². The van der Waals surface area contributed by atoms with Gasteiger partial charge in [0.25, 0.3) is 0 Å². The first-order valence-corrected chi connectivity index (χ1v) is 12.3. The number of aryl methyl sites for hydroxylation is 1. The first-order chi connectivity index (χ1) is 13.2. The monoisotopic (exact) mass is 390 g/mol. The summed E-state index contributed by atoms with van der Waals surface area (Å²) in [5.74, 6) is 0. The van der Waals surface area contributed by atoms with Crippen molar-refractivity contribution < 1.29 is 0 Å². The van der Waals surface area contributed by atoms with Crippen LogP contribution in [-0.2, 0) is 0 Å². The van der Waals surface area contributed by atoms with E-state index in [-0.39, 0.29) is 10.6 Å². The summed E-state index contributed by atoms with van der Waals surface area (Å²) < 4.78 is 0. The van der Waals surface area contributed by atoms with Gasteiger partial charge in [-0.25, -0.2) is 0 Å². The van der Waals surface area contributed by atoms with Crippen molar-refractivity contribution in [1.82, 2.24) is 0 Å². The second-order valence-corrected chi connectivity index (χ2v) is 14.6. The Morgan fingerprint density at radius 1 is 0.571 bits per heavy atom. The van der Waals surface area contributed by atoms with Crippen LogP contribution >= 0.6 is 7.26 Å². The number of hydrogen-bond acceptors (Lipinski definition) is 0. The molecule has 0 unspecified atom stereocenters. The van der Waals surface area contributed by atoms with Crippen molar-refractivity contribution in [2.45, 2.75) is 53.1 Å². The second kappa shape index (κ2) is 7.84. The molecule has 0 amide bonds. The van der Waals surface area contributed by atoms with Crippen molar-refractivity contribution in [3.63, 3.8) is 0 Å². The molecular weight excluding hydrogens is 355 g/mol. The fourth-order valence-corrected chi connectivity index (χ4v) is 11.5. The van der Waals surface area contributed by atoms with Gasteiger partial charge < -0.3 is 0 Å². The normalized spacial score (nSPS) is 13.4. The molecule has 0 radical (unpaired) electrons. The maximum atomic E-state index is 2.50. The van der Waals surface area contributed by atoms with Crippen molar-refractivity contribution in [2.24, 2.45) is 5.41 Å². The molecule has 0 spiro atoms. The minimum absolute atomic E-state index is 0.142. The molecule has 0 atom stereocenters. The third-order valence-corrected chi connectivity index (χ3v) is 11.7. The van der Waals surface area contributed by atoms with Gasteiger partial charge in [-0.1, -0.05) is 0 Å². The van der Waals surface area contributed by atoms with E-state index in [1.54, 1.807) is 0 Å². The van der Waals surface area contributed by atoms with E-state index < -0.39 is 7.26 Å². The molecule has 28 heavy (non-hydrogen) atoms. The molecule has 0 aliphatic heterocycles. The summed E-state index contributed by atoms with van der Waals surface area (Å²) in [7, 11) is -2.28. The van der Waals surface area contributed by atoms with Gasteiger partial charge in [0.1, 0.15) is 0 Å². The van der Waals surface area contributed by atoms with E-state index in [1.807, 2.05) is 0 Å². The van der Waals surface area contributed by atoms with Crippen LogP contribution in [0, 0.1) is 12.3 Å². The molecule has 3 rings (SSSR count). The molecule has 0 N–H and O–H groups in total. The summed E-state index contributed by atoms with van der Waals surface area (Å²) in [6.07, 6.45) is 1.17. The van der Waals surface area contributed by atoms with Crippen LogP contribution < -0.4 is 15.9 Å². The van der Waals surface area contributed by atoms with Gasteiger partial charge in [-0.2, -0.15) is 0 Å². The average Bonchev–Trinajstić information content (AvgIpc) is 2.63. The van der Waals surface area contributed by atoms with Gasteiger partial charge in [0.05, 0.1) is 0 Å². The molecule has 3 aromatic rings. The standard InChI is InChI=1S/C27H35P/c1-22-17-19-25(20-18-22)28(23-13-9-7-10-14-23,24-15-11-8-12-16-24)27(5,6)21-26(2,3)4/h7-20,28H,21H2,1-6H3. The van der Waals surface area contributed by atoms with Crippen molar-refractivity contribution in [3.05, 3.63) is 90.5 Å². The fourth-order valence-electron chi connectivity index (χ4n) is 5.31. The van der Waals surface area contributed by atoms with Crippen molar-refractivity contribution in [3.8, 4) is 0 Å². The molecule has 0 saturated carbocycles. The van der Waals surface area contributed by atoms with Crippen LogP contribution in [0.3, 0.4) is 0 Å². The van der Waals surface area contributed by atoms with Gasteiger partial charge in [0, 0.05) is 0 Å². The first-order valence-electron chi connectivity index (χ1n) is 10.3. The van der Waals surface area contributed by atoms with Gasteiger partial charge in [0.2, 0.25) is 0 Å². The van der Waals surface area contributed by atoms with Crippen LogP contribution in [-0.4, -0.2) is 5.16 Å². The maximum absolute atomic E-state index is 2.50. The molecule has 148 valence electrons. The predicted octanol–water partition coefficient (Wildman–Crippen LogP) is 6.24. The molecule has 0 aliphatic rings. The SMILES string of the molecule is Cc1ccc([PH](c2ccccc2)(c2ccccc2)C(C)(C)CC(C)(C)C)cc1. The van der Waals surface area contributed by atoms with Crippen LogP contribution in [0.25, 0.3) is 0 Å².